The van der Waals surface area contributed by atoms with E-state index in [1.165, 1.54) is 37.0 Å². The molecule has 2 rings (SSSR count). The van der Waals surface area contributed by atoms with Gasteiger partial charge in [0.25, 0.3) is 5.91 Å². The summed E-state index contributed by atoms with van der Waals surface area (Å²) >= 11 is 0. The van der Waals surface area contributed by atoms with Crippen LogP contribution in [0.1, 0.15) is 38.5 Å². The predicted octanol–water partition coefficient (Wildman–Crippen LogP) is 2.30. The van der Waals surface area contributed by atoms with Gasteiger partial charge in [0.1, 0.15) is 5.75 Å². The summed E-state index contributed by atoms with van der Waals surface area (Å²) in [6.45, 7) is -0.0300. The minimum atomic E-state index is -3.29. The predicted molar refractivity (Wildman–Crippen MR) is 94.8 cm³/mol. The highest BCUT2D eigenvalue weighted by atomic mass is 32.2. The average molecular weight is 354 g/mol. The first kappa shape index (κ1) is 18.6. The minimum Gasteiger partial charge on any atom is -0.484 e. The Morgan fingerprint density at radius 2 is 1.75 bits per heavy atom. The van der Waals surface area contributed by atoms with Crippen LogP contribution in [0.5, 0.6) is 5.75 Å². The van der Waals surface area contributed by atoms with E-state index in [0.717, 1.165) is 19.1 Å². The van der Waals surface area contributed by atoms with Crippen molar-refractivity contribution in [1.29, 1.82) is 0 Å². The van der Waals surface area contributed by atoms with E-state index >= 15 is 0 Å². The van der Waals surface area contributed by atoms with Gasteiger partial charge in [-0.1, -0.05) is 25.7 Å². The van der Waals surface area contributed by atoms with Crippen molar-refractivity contribution in [3.63, 3.8) is 0 Å². The van der Waals surface area contributed by atoms with Gasteiger partial charge in [-0.05, 0) is 37.1 Å². The van der Waals surface area contributed by atoms with Crippen molar-refractivity contribution in [3.8, 4) is 5.75 Å². The van der Waals surface area contributed by atoms with Crippen LogP contribution in [-0.2, 0) is 14.8 Å². The zero-order chi connectivity index (χ0) is 17.6. The molecular weight excluding hydrogens is 328 g/mol. The Balaban J connectivity index is 1.82. The molecule has 0 unspecified atom stereocenters. The smallest absolute Gasteiger partial charge is 0.258 e. The number of anilines is 1. The number of carbonyl (C=O) groups is 1. The average Bonchev–Trinajstić information content (AvgIpc) is 2.80. The van der Waals surface area contributed by atoms with Crippen LogP contribution in [0.3, 0.4) is 0 Å². The summed E-state index contributed by atoms with van der Waals surface area (Å²) in [6.07, 6.45) is 8.06. The van der Waals surface area contributed by atoms with Gasteiger partial charge >= 0.3 is 0 Å². The zero-order valence-corrected chi connectivity index (χ0v) is 15.1. The second-order valence-electron chi connectivity index (χ2n) is 6.27. The fourth-order valence-corrected chi connectivity index (χ4v) is 3.29. The number of hydrogen-bond donors (Lipinski definition) is 1. The van der Waals surface area contributed by atoms with E-state index in [1.807, 2.05) is 0 Å². The summed E-state index contributed by atoms with van der Waals surface area (Å²) in [5.74, 6) is 0.427. The molecule has 1 fully saturated rings. The van der Waals surface area contributed by atoms with Gasteiger partial charge in [-0.25, -0.2) is 8.42 Å². The first-order valence-electron chi connectivity index (χ1n) is 8.32. The van der Waals surface area contributed by atoms with Gasteiger partial charge in [0.05, 0.1) is 11.9 Å². The molecule has 1 aliphatic rings. The van der Waals surface area contributed by atoms with Crippen molar-refractivity contribution in [2.75, 3.05) is 24.2 Å². The Kier molecular flexibility index (Phi) is 6.48. The van der Waals surface area contributed by atoms with Crippen LogP contribution in [0.15, 0.2) is 24.3 Å². The highest BCUT2D eigenvalue weighted by molar-refractivity contribution is 7.92. The maximum Gasteiger partial charge on any atom is 0.258 e. The molecule has 134 valence electrons. The molecule has 1 amide bonds. The molecular formula is C17H26N2O4S. The largest absolute Gasteiger partial charge is 0.484 e. The molecule has 1 aromatic rings. The summed E-state index contributed by atoms with van der Waals surface area (Å²) in [5, 5.41) is 3.03. The summed E-state index contributed by atoms with van der Waals surface area (Å²) in [5.41, 5.74) is 0.549. The van der Waals surface area contributed by atoms with Crippen LogP contribution in [-0.4, -0.2) is 40.3 Å². The molecule has 0 spiro atoms. The Bertz CT molecular complexity index is 635. The van der Waals surface area contributed by atoms with Crippen molar-refractivity contribution in [2.24, 2.45) is 0 Å². The molecule has 0 atom stereocenters. The summed E-state index contributed by atoms with van der Waals surface area (Å²) in [6, 6.07) is 6.89. The highest BCUT2D eigenvalue weighted by Gasteiger charge is 2.15. The lowest BCUT2D eigenvalue weighted by atomic mass is 10.1. The Labute approximate surface area is 144 Å². The first-order chi connectivity index (χ1) is 11.4. The molecule has 1 aromatic carbocycles. The van der Waals surface area contributed by atoms with Gasteiger partial charge in [-0.3, -0.25) is 9.10 Å². The summed E-state index contributed by atoms with van der Waals surface area (Å²) < 4.78 is 29.6. The SMILES string of the molecule is CN(c1ccc(OCC(=O)NC2CCCCCC2)cc1)S(C)(=O)=O. The number of nitrogens with zero attached hydrogens (tertiary/aromatic N) is 1. The van der Waals surface area contributed by atoms with E-state index in [9.17, 15) is 13.2 Å². The standard InChI is InChI=1S/C17H26N2O4S/c1-19(24(2,21)22)15-9-11-16(12-10-15)23-13-17(20)18-14-7-5-3-4-6-8-14/h9-12,14H,3-8,13H2,1-2H3,(H,18,20). The second kappa shape index (κ2) is 8.37. The Morgan fingerprint density at radius 1 is 1.17 bits per heavy atom. The summed E-state index contributed by atoms with van der Waals surface area (Å²) in [4.78, 5) is 12.0. The third-order valence-electron chi connectivity index (χ3n) is 4.29. The van der Waals surface area contributed by atoms with E-state index in [1.54, 1.807) is 24.3 Å². The van der Waals surface area contributed by atoms with Crippen LogP contribution in [0.2, 0.25) is 0 Å². The zero-order valence-electron chi connectivity index (χ0n) is 14.3. The molecule has 0 aromatic heterocycles. The van der Waals surface area contributed by atoms with Gasteiger partial charge in [0.2, 0.25) is 10.0 Å². The highest BCUT2D eigenvalue weighted by Crippen LogP contribution is 2.20. The molecule has 0 heterocycles. The Hall–Kier alpha value is -1.76. The van der Waals surface area contributed by atoms with E-state index in [0.29, 0.717) is 11.4 Å². The Morgan fingerprint density at radius 3 is 2.29 bits per heavy atom. The number of benzene rings is 1. The van der Waals surface area contributed by atoms with Crippen molar-refractivity contribution in [2.45, 2.75) is 44.6 Å². The van der Waals surface area contributed by atoms with E-state index in [4.69, 9.17) is 4.74 Å². The third kappa shape index (κ3) is 5.70. The van der Waals surface area contributed by atoms with E-state index in [-0.39, 0.29) is 18.6 Å². The number of amides is 1. The maximum absolute atomic E-state index is 12.0. The number of ether oxygens (including phenoxy) is 1. The van der Waals surface area contributed by atoms with Crippen molar-refractivity contribution < 1.29 is 17.9 Å². The third-order valence-corrected chi connectivity index (χ3v) is 5.49. The monoisotopic (exact) mass is 354 g/mol. The van der Waals surface area contributed by atoms with Gasteiger partial charge in [-0.15, -0.1) is 0 Å². The lowest BCUT2D eigenvalue weighted by Gasteiger charge is -2.18. The van der Waals surface area contributed by atoms with Gasteiger partial charge in [0, 0.05) is 13.1 Å². The van der Waals surface area contributed by atoms with Crippen LogP contribution in [0.4, 0.5) is 5.69 Å². The molecule has 0 bridgehead atoms. The lowest BCUT2D eigenvalue weighted by molar-refractivity contribution is -0.123. The van der Waals surface area contributed by atoms with Crippen LogP contribution in [0.25, 0.3) is 0 Å². The van der Waals surface area contributed by atoms with Gasteiger partial charge < -0.3 is 10.1 Å². The maximum atomic E-state index is 12.0. The topological polar surface area (TPSA) is 75.7 Å². The lowest BCUT2D eigenvalue weighted by Crippen LogP contribution is -2.37. The van der Waals surface area contributed by atoms with E-state index in [2.05, 4.69) is 5.32 Å². The number of sulfonamides is 1. The van der Waals surface area contributed by atoms with Crippen molar-refractivity contribution in [1.82, 2.24) is 5.32 Å². The number of hydrogen-bond acceptors (Lipinski definition) is 4. The molecule has 0 aliphatic heterocycles. The summed E-state index contributed by atoms with van der Waals surface area (Å²) in [7, 11) is -1.79. The van der Waals surface area contributed by atoms with Gasteiger partial charge in [-0.2, -0.15) is 0 Å². The molecule has 1 saturated carbocycles. The second-order valence-corrected chi connectivity index (χ2v) is 8.28. The van der Waals surface area contributed by atoms with E-state index < -0.39 is 10.0 Å². The molecule has 0 saturated heterocycles. The number of carbonyl (C=O) groups excluding carboxylic acids is 1. The minimum absolute atomic E-state index is 0.0300. The van der Waals surface area contributed by atoms with Crippen LogP contribution >= 0.6 is 0 Å². The van der Waals surface area contributed by atoms with Crippen molar-refractivity contribution in [3.05, 3.63) is 24.3 Å². The number of rotatable bonds is 6. The number of nitrogens with one attached hydrogen (secondary N) is 1. The first-order valence-corrected chi connectivity index (χ1v) is 10.2. The molecule has 6 nitrogen and oxygen atoms in total. The molecule has 24 heavy (non-hydrogen) atoms. The van der Waals surface area contributed by atoms with Gasteiger partial charge in [0.15, 0.2) is 6.61 Å². The molecule has 7 heteroatoms. The molecule has 1 N–H and O–H groups in total. The fraction of sp³-hybridized carbons (Fsp3) is 0.588. The van der Waals surface area contributed by atoms with Crippen LogP contribution in [0, 0.1) is 0 Å². The molecule has 1 aliphatic carbocycles. The normalized spacial score (nSPS) is 16.2. The molecule has 0 radical (unpaired) electrons. The fourth-order valence-electron chi connectivity index (χ4n) is 2.79. The van der Waals surface area contributed by atoms with Crippen molar-refractivity contribution >= 4 is 21.6 Å². The quantitative estimate of drug-likeness (QED) is 0.796. The van der Waals surface area contributed by atoms with Crippen LogP contribution < -0.4 is 14.4 Å².